The number of anilines is 3. The minimum Gasteiger partial charge on any atom is -0.436 e. The van der Waals surface area contributed by atoms with E-state index >= 15 is 0 Å². The lowest BCUT2D eigenvalue weighted by Crippen LogP contribution is -2.11. The second-order valence-corrected chi connectivity index (χ2v) is 12.7. The molecule has 3 nitrogen and oxygen atoms in total. The van der Waals surface area contributed by atoms with Crippen molar-refractivity contribution in [2.75, 3.05) is 4.90 Å². The molecule has 0 atom stereocenters. The highest BCUT2D eigenvalue weighted by molar-refractivity contribution is 6.04. The van der Waals surface area contributed by atoms with E-state index in [1.807, 2.05) is 0 Å². The fourth-order valence-corrected chi connectivity index (χ4v) is 7.01. The van der Waals surface area contributed by atoms with Crippen LogP contribution in [0, 0.1) is 0 Å². The number of fused-ring (bicyclic) bond motifs is 3. The van der Waals surface area contributed by atoms with Crippen LogP contribution in [0.3, 0.4) is 0 Å². The van der Waals surface area contributed by atoms with Crippen LogP contribution >= 0.6 is 0 Å². The standard InChI is InChI=1S/C47H34N2O/c1-4-12-33(13-5-1)34-20-26-40(27-21-34)49(45-19-11-10-18-42(45)36-14-6-2-7-15-36)41-28-22-35(23-29-41)38-24-30-43-39(32-38)25-31-44-46(43)50-47(48-44)37-16-8-3-9-17-37/h1-8,10-16,18-32H,9,17H2. The van der Waals surface area contributed by atoms with Crippen molar-refractivity contribution in [3.63, 3.8) is 0 Å². The molecule has 0 spiro atoms. The van der Waals surface area contributed by atoms with E-state index in [1.54, 1.807) is 0 Å². The first kappa shape index (κ1) is 29.7. The molecule has 0 bridgehead atoms. The van der Waals surface area contributed by atoms with E-state index in [0.29, 0.717) is 0 Å². The Hall–Kier alpha value is -6.45. The highest BCUT2D eigenvalue weighted by Gasteiger charge is 2.18. The van der Waals surface area contributed by atoms with Crippen LogP contribution in [0.25, 0.3) is 60.8 Å². The van der Waals surface area contributed by atoms with Gasteiger partial charge in [0.1, 0.15) is 5.52 Å². The van der Waals surface area contributed by atoms with Crippen LogP contribution in [0.1, 0.15) is 18.7 Å². The van der Waals surface area contributed by atoms with Crippen molar-refractivity contribution in [2.45, 2.75) is 12.8 Å². The summed E-state index contributed by atoms with van der Waals surface area (Å²) in [6, 6.07) is 58.4. The van der Waals surface area contributed by atoms with Gasteiger partial charge in [-0.15, -0.1) is 0 Å². The molecule has 50 heavy (non-hydrogen) atoms. The van der Waals surface area contributed by atoms with Crippen LogP contribution < -0.4 is 4.90 Å². The third-order valence-electron chi connectivity index (χ3n) is 9.58. The minimum atomic E-state index is 0.726. The zero-order valence-corrected chi connectivity index (χ0v) is 27.5. The molecule has 1 aliphatic rings. The van der Waals surface area contributed by atoms with E-state index in [9.17, 15) is 0 Å². The maximum Gasteiger partial charge on any atom is 0.223 e. The lowest BCUT2D eigenvalue weighted by Gasteiger charge is -2.28. The van der Waals surface area contributed by atoms with Crippen molar-refractivity contribution < 1.29 is 4.42 Å². The second-order valence-electron chi connectivity index (χ2n) is 12.7. The number of hydrogen-bond acceptors (Lipinski definition) is 3. The summed E-state index contributed by atoms with van der Waals surface area (Å²) >= 11 is 0. The first-order valence-electron chi connectivity index (χ1n) is 17.2. The van der Waals surface area contributed by atoms with Crippen LogP contribution in [0.5, 0.6) is 0 Å². The summed E-state index contributed by atoms with van der Waals surface area (Å²) in [7, 11) is 0. The lowest BCUT2D eigenvalue weighted by molar-refractivity contribution is 0.583. The van der Waals surface area contributed by atoms with Crippen molar-refractivity contribution in [3.05, 3.63) is 188 Å². The van der Waals surface area contributed by atoms with Gasteiger partial charge in [-0.3, -0.25) is 0 Å². The molecule has 0 saturated heterocycles. The average molecular weight is 643 g/mol. The molecule has 3 heteroatoms. The molecule has 0 N–H and O–H groups in total. The molecule has 8 aromatic rings. The monoisotopic (exact) mass is 642 g/mol. The molecule has 238 valence electrons. The van der Waals surface area contributed by atoms with Gasteiger partial charge in [-0.05, 0) is 94.6 Å². The predicted molar refractivity (Wildman–Crippen MR) is 209 cm³/mol. The Kier molecular flexibility index (Phi) is 7.64. The summed E-state index contributed by atoms with van der Waals surface area (Å²) in [6.07, 6.45) is 8.35. The van der Waals surface area contributed by atoms with Gasteiger partial charge in [-0.1, -0.05) is 133 Å². The molecule has 1 aromatic heterocycles. The summed E-state index contributed by atoms with van der Waals surface area (Å²) < 4.78 is 6.35. The van der Waals surface area contributed by atoms with Crippen LogP contribution in [0.2, 0.25) is 0 Å². The van der Waals surface area contributed by atoms with Gasteiger partial charge in [0.2, 0.25) is 5.89 Å². The highest BCUT2D eigenvalue weighted by Crippen LogP contribution is 2.42. The van der Waals surface area contributed by atoms with Gasteiger partial charge in [0.25, 0.3) is 0 Å². The van der Waals surface area contributed by atoms with Gasteiger partial charge < -0.3 is 9.32 Å². The van der Waals surface area contributed by atoms with E-state index in [2.05, 4.69) is 187 Å². The Labute approximate surface area is 292 Å². The molecule has 0 unspecified atom stereocenters. The second kappa shape index (κ2) is 12.9. The van der Waals surface area contributed by atoms with E-state index in [4.69, 9.17) is 9.40 Å². The SMILES string of the molecule is C1=CCCC(c2nc3ccc4cc(-c5ccc(N(c6ccc(-c7ccccc7)cc6)c6ccccc6-c6ccccc6)cc5)ccc4c3o2)=C1. The summed E-state index contributed by atoms with van der Waals surface area (Å²) in [5.74, 6) is 0.726. The summed E-state index contributed by atoms with van der Waals surface area (Å²) in [5.41, 5.74) is 13.3. The third kappa shape index (κ3) is 5.59. The fourth-order valence-electron chi connectivity index (χ4n) is 7.01. The average Bonchev–Trinajstić information content (AvgIpc) is 3.65. The largest absolute Gasteiger partial charge is 0.436 e. The fraction of sp³-hybridized carbons (Fsp3) is 0.0426. The van der Waals surface area contributed by atoms with Crippen LogP contribution in [0.15, 0.2) is 186 Å². The maximum atomic E-state index is 6.35. The molecule has 0 amide bonds. The molecule has 0 radical (unpaired) electrons. The molecule has 1 aliphatic carbocycles. The quantitative estimate of drug-likeness (QED) is 0.173. The van der Waals surface area contributed by atoms with Gasteiger partial charge in [0.15, 0.2) is 5.58 Å². The number of hydrogen-bond donors (Lipinski definition) is 0. The Morgan fingerprint density at radius 2 is 1.16 bits per heavy atom. The van der Waals surface area contributed by atoms with Crippen molar-refractivity contribution in [3.8, 4) is 33.4 Å². The topological polar surface area (TPSA) is 29.3 Å². The number of allylic oxidation sites excluding steroid dienone is 4. The van der Waals surface area contributed by atoms with Gasteiger partial charge in [0.05, 0.1) is 5.69 Å². The number of nitrogens with zero attached hydrogens (tertiary/aromatic N) is 2. The Bertz CT molecular complexity index is 2510. The number of benzene rings is 7. The Balaban J connectivity index is 1.09. The number of rotatable bonds is 7. The van der Waals surface area contributed by atoms with E-state index in [-0.39, 0.29) is 0 Å². The summed E-state index contributed by atoms with van der Waals surface area (Å²) in [4.78, 5) is 7.17. The third-order valence-corrected chi connectivity index (χ3v) is 9.58. The zero-order chi connectivity index (χ0) is 33.3. The molecule has 0 fully saturated rings. The van der Waals surface area contributed by atoms with Gasteiger partial charge in [0, 0.05) is 27.9 Å². The smallest absolute Gasteiger partial charge is 0.223 e. The number of para-hydroxylation sites is 1. The van der Waals surface area contributed by atoms with Gasteiger partial charge >= 0.3 is 0 Å². The van der Waals surface area contributed by atoms with E-state index in [1.165, 1.54) is 22.3 Å². The molecular formula is C47H34N2O. The van der Waals surface area contributed by atoms with Crippen molar-refractivity contribution in [1.29, 1.82) is 0 Å². The molecule has 0 aliphatic heterocycles. The number of aromatic nitrogens is 1. The Morgan fingerprint density at radius 3 is 1.86 bits per heavy atom. The van der Waals surface area contributed by atoms with E-state index in [0.717, 1.165) is 74.4 Å². The van der Waals surface area contributed by atoms with Crippen LogP contribution in [-0.2, 0) is 0 Å². The lowest BCUT2D eigenvalue weighted by atomic mass is 9.99. The van der Waals surface area contributed by atoms with Gasteiger partial charge in [-0.25, -0.2) is 4.98 Å². The van der Waals surface area contributed by atoms with Crippen LogP contribution in [0.4, 0.5) is 17.1 Å². The molecule has 7 aromatic carbocycles. The first-order valence-corrected chi connectivity index (χ1v) is 17.2. The predicted octanol–water partition coefficient (Wildman–Crippen LogP) is 13.2. The molecule has 1 heterocycles. The molecule has 0 saturated carbocycles. The van der Waals surface area contributed by atoms with Crippen LogP contribution in [-0.4, -0.2) is 4.98 Å². The summed E-state index contributed by atoms with van der Waals surface area (Å²) in [5, 5.41) is 2.22. The highest BCUT2D eigenvalue weighted by atomic mass is 16.3. The van der Waals surface area contributed by atoms with E-state index < -0.39 is 0 Å². The summed E-state index contributed by atoms with van der Waals surface area (Å²) in [6.45, 7) is 0. The maximum absolute atomic E-state index is 6.35. The zero-order valence-electron chi connectivity index (χ0n) is 27.5. The van der Waals surface area contributed by atoms with Crippen molar-refractivity contribution >= 4 is 44.5 Å². The molecule has 9 rings (SSSR count). The molecular weight excluding hydrogens is 609 g/mol. The first-order chi connectivity index (χ1) is 24.8. The number of oxazole rings is 1. The van der Waals surface area contributed by atoms with Crippen molar-refractivity contribution in [2.24, 2.45) is 0 Å². The minimum absolute atomic E-state index is 0.726. The van der Waals surface area contributed by atoms with Gasteiger partial charge in [-0.2, -0.15) is 0 Å². The normalized spacial score (nSPS) is 12.7. The Morgan fingerprint density at radius 1 is 0.540 bits per heavy atom. The van der Waals surface area contributed by atoms with Crippen molar-refractivity contribution in [1.82, 2.24) is 4.98 Å².